The Morgan fingerprint density at radius 2 is 1.88 bits per heavy atom. The van der Waals surface area contributed by atoms with Crippen molar-refractivity contribution >= 4 is 15.7 Å². The molecular formula is C3H7ClNO2Ru. The van der Waals surface area contributed by atoms with E-state index < -0.39 is 12.5 Å². The quantitative estimate of drug-likeness (QED) is 0.540. The molecule has 2 N–H and O–H groups in total. The summed E-state index contributed by atoms with van der Waals surface area (Å²) >= 11 is 1.82. The number of aliphatic carboxylic acids is 1. The maximum absolute atomic E-state index is 9.18. The Hall–Kier alpha value is 0.343. The molecule has 5 heteroatoms. The second-order valence-corrected chi connectivity index (χ2v) is 0.571. The van der Waals surface area contributed by atoms with Crippen LogP contribution in [0.25, 0.3) is 5.73 Å². The summed E-state index contributed by atoms with van der Waals surface area (Å²) in [6.45, 7) is -0.528. The van der Waals surface area contributed by atoms with Crippen molar-refractivity contribution in [3.8, 4) is 0 Å². The van der Waals surface area contributed by atoms with E-state index in [0.29, 0.717) is 0 Å². The average Bonchev–Trinajstić information content (AvgIpc) is 1.73. The van der Waals surface area contributed by atoms with E-state index in [1.165, 1.54) is 0 Å². The first-order valence-corrected chi connectivity index (χ1v) is 3.51. The van der Waals surface area contributed by atoms with E-state index in [2.05, 4.69) is 9.69 Å². The third kappa shape index (κ3) is 33.0. The van der Waals surface area contributed by atoms with Crippen molar-refractivity contribution in [2.24, 2.45) is 0 Å². The number of carboxylic acid groups (broad SMARTS) is 1. The monoisotopic (exact) mass is 226 g/mol. The summed E-state index contributed by atoms with van der Waals surface area (Å²) in [6.07, 6.45) is 0. The van der Waals surface area contributed by atoms with Crippen molar-refractivity contribution in [1.29, 1.82) is 0 Å². The summed E-state index contributed by atoms with van der Waals surface area (Å²) in [6, 6.07) is 0. The van der Waals surface area contributed by atoms with Gasteiger partial charge in [0.15, 0.2) is 0 Å². The van der Waals surface area contributed by atoms with Gasteiger partial charge in [-0.25, -0.2) is 0 Å². The van der Waals surface area contributed by atoms with Crippen molar-refractivity contribution < 1.29 is 27.2 Å². The summed E-state index contributed by atoms with van der Waals surface area (Å²) in [5.41, 5.74) is 6.06. The van der Waals surface area contributed by atoms with E-state index in [4.69, 9.17) is 10.8 Å². The van der Waals surface area contributed by atoms with Gasteiger partial charge in [0.2, 0.25) is 0 Å². The normalized spacial score (nSPS) is 5.25. The van der Waals surface area contributed by atoms with E-state index in [1.54, 1.807) is 0 Å². The van der Waals surface area contributed by atoms with Gasteiger partial charge in [0.1, 0.15) is 0 Å². The van der Waals surface area contributed by atoms with Gasteiger partial charge in [0.25, 0.3) is 5.97 Å². The minimum absolute atomic E-state index is 0. The van der Waals surface area contributed by atoms with Crippen LogP contribution in [-0.4, -0.2) is 17.6 Å². The van der Waals surface area contributed by atoms with Gasteiger partial charge in [-0.05, 0) is 0 Å². The Kier molecular flexibility index (Phi) is 30.9. The molecule has 51 valence electrons. The van der Waals surface area contributed by atoms with E-state index in [1.807, 2.05) is 17.3 Å². The average molecular weight is 226 g/mol. The maximum Gasteiger partial charge on any atom is 0.282 e. The molecule has 0 aliphatic rings. The van der Waals surface area contributed by atoms with Crippen molar-refractivity contribution in [2.75, 3.05) is 6.54 Å². The summed E-state index contributed by atoms with van der Waals surface area (Å²) in [7, 11) is 4.57. The Bertz CT molecular complexity index is 52.5. The molecule has 0 aromatic carbocycles. The van der Waals surface area contributed by atoms with Crippen LogP contribution in [0.3, 0.4) is 0 Å². The van der Waals surface area contributed by atoms with Crippen molar-refractivity contribution in [3.63, 3.8) is 0 Å². The SMILES string of the molecule is [CH3-].[Cl][Ru+2].[NH-]CC(=O)O. The van der Waals surface area contributed by atoms with E-state index in [9.17, 15) is 4.79 Å². The number of halogens is 1. The number of carbonyl (C=O) groups is 1. The van der Waals surface area contributed by atoms with Crippen molar-refractivity contribution in [1.82, 2.24) is 0 Å². The predicted octanol–water partition coefficient (Wildman–Crippen LogP) is 1.26. The molecule has 0 atom stereocenters. The summed E-state index contributed by atoms with van der Waals surface area (Å²) < 4.78 is 0. The minimum atomic E-state index is -1.08. The summed E-state index contributed by atoms with van der Waals surface area (Å²) in [4.78, 5) is 9.18. The Morgan fingerprint density at radius 1 is 1.75 bits per heavy atom. The van der Waals surface area contributed by atoms with Crippen molar-refractivity contribution in [3.05, 3.63) is 13.2 Å². The van der Waals surface area contributed by atoms with Gasteiger partial charge in [-0.15, -0.1) is 0 Å². The third-order valence-corrected chi connectivity index (χ3v) is 0.151. The van der Waals surface area contributed by atoms with Gasteiger partial charge < -0.3 is 18.3 Å². The molecule has 0 saturated carbocycles. The molecule has 0 aliphatic carbocycles. The zero-order valence-corrected chi connectivity index (χ0v) is 6.79. The molecule has 0 radical (unpaired) electrons. The van der Waals surface area contributed by atoms with Crippen LogP contribution in [-0.2, 0) is 22.1 Å². The second kappa shape index (κ2) is 15.7. The van der Waals surface area contributed by atoms with Crippen LogP contribution >= 0.6 is 9.69 Å². The van der Waals surface area contributed by atoms with Gasteiger partial charge in [0.05, 0.1) is 0 Å². The van der Waals surface area contributed by atoms with Crippen LogP contribution < -0.4 is 0 Å². The smallest absolute Gasteiger partial charge is 0.282 e. The van der Waals surface area contributed by atoms with E-state index in [-0.39, 0.29) is 7.43 Å². The first kappa shape index (κ1) is 15.8. The molecule has 0 unspecified atom stereocenters. The van der Waals surface area contributed by atoms with E-state index in [0.717, 1.165) is 0 Å². The van der Waals surface area contributed by atoms with E-state index >= 15 is 0 Å². The largest absolute Gasteiger partial charge is 0.668 e. The molecular weight excluding hydrogens is 219 g/mol. The van der Waals surface area contributed by atoms with Gasteiger partial charge in [-0.1, -0.05) is 6.54 Å². The van der Waals surface area contributed by atoms with Gasteiger partial charge >= 0.3 is 27.0 Å². The zero-order valence-electron chi connectivity index (χ0n) is 4.29. The maximum atomic E-state index is 9.18. The van der Waals surface area contributed by atoms with Crippen LogP contribution in [0, 0.1) is 7.43 Å². The molecule has 0 fully saturated rings. The van der Waals surface area contributed by atoms with Crippen LogP contribution in [0.1, 0.15) is 0 Å². The number of hydrogen-bond donors (Lipinski definition) is 1. The molecule has 3 nitrogen and oxygen atoms in total. The predicted molar refractivity (Wildman–Crippen MR) is 29.1 cm³/mol. The standard InChI is InChI=1S/C2H4NO2.CH3.ClH.Ru/c3-1-2(4)5;;;/h3H,1H2,(H,4,5);1H3;1H;/q2*-1;;+3/p-1. The Balaban J connectivity index is -0.0000000750. The van der Waals surface area contributed by atoms with Crippen molar-refractivity contribution in [2.45, 2.75) is 0 Å². The molecule has 0 amide bonds. The molecule has 0 spiro atoms. The summed E-state index contributed by atoms with van der Waals surface area (Å²) in [5, 5.41) is 7.53. The molecule has 8 heavy (non-hydrogen) atoms. The van der Waals surface area contributed by atoms with Crippen LogP contribution in [0.15, 0.2) is 0 Å². The number of hydrogen-bond acceptors (Lipinski definition) is 1. The number of nitrogens with one attached hydrogen (secondary N) is 1. The summed E-state index contributed by atoms with van der Waals surface area (Å²) in [5.74, 6) is -1.08. The zero-order chi connectivity index (χ0) is 6.28. The first-order chi connectivity index (χ1) is 3.27. The molecule has 0 aliphatic heterocycles. The minimum Gasteiger partial charge on any atom is -0.668 e. The topological polar surface area (TPSA) is 61.1 Å². The van der Waals surface area contributed by atoms with Crippen LogP contribution in [0.4, 0.5) is 0 Å². The van der Waals surface area contributed by atoms with Crippen LogP contribution in [0.5, 0.6) is 0 Å². The Labute approximate surface area is 62.9 Å². The van der Waals surface area contributed by atoms with Gasteiger partial charge in [-0.3, -0.25) is 4.79 Å². The molecule has 0 aromatic heterocycles. The molecule has 0 aromatic rings. The molecule has 0 bridgehead atoms. The fourth-order valence-electron chi connectivity index (χ4n) is 0. The fourth-order valence-corrected chi connectivity index (χ4v) is 0. The second-order valence-electron chi connectivity index (χ2n) is 0.571. The van der Waals surface area contributed by atoms with Crippen LogP contribution in [0.2, 0.25) is 0 Å². The van der Waals surface area contributed by atoms with Gasteiger partial charge in [-0.2, -0.15) is 0 Å². The number of rotatable bonds is 1. The molecule has 0 saturated heterocycles. The fraction of sp³-hybridized carbons (Fsp3) is 0.333. The molecule has 0 heterocycles. The Morgan fingerprint density at radius 3 is 1.88 bits per heavy atom. The number of carboxylic acids is 1. The third-order valence-electron chi connectivity index (χ3n) is 0.151. The first-order valence-electron chi connectivity index (χ1n) is 1.27. The van der Waals surface area contributed by atoms with Gasteiger partial charge in [0, 0.05) is 0 Å². The molecule has 0 rings (SSSR count).